The summed E-state index contributed by atoms with van der Waals surface area (Å²) in [6.45, 7) is -1.62. The highest BCUT2D eigenvalue weighted by Crippen LogP contribution is 2.30. The topological polar surface area (TPSA) is 118 Å². The van der Waals surface area contributed by atoms with Crippen molar-refractivity contribution in [2.45, 2.75) is 24.9 Å². The third-order valence-corrected chi connectivity index (χ3v) is 5.07. The molecular weight excluding hydrogens is 495 g/mol. The summed E-state index contributed by atoms with van der Waals surface area (Å²) in [6.07, 6.45) is -2.96. The molecule has 1 atom stereocenters. The summed E-state index contributed by atoms with van der Waals surface area (Å²) in [5.74, 6) is -4.83. The van der Waals surface area contributed by atoms with Crippen LogP contribution in [0.4, 0.5) is 22.0 Å². The second-order valence-corrected chi connectivity index (χ2v) is 7.69. The van der Waals surface area contributed by atoms with Crippen LogP contribution in [0.5, 0.6) is 5.75 Å². The first kappa shape index (κ1) is 26.5. The first-order valence-electron chi connectivity index (χ1n) is 10.2. The number of rotatable bonds is 10. The summed E-state index contributed by atoms with van der Waals surface area (Å²) < 4.78 is 70.0. The maximum absolute atomic E-state index is 14.6. The number of carbonyl (C=O) groups excluding carboxylic acids is 1. The molecule has 0 bridgehead atoms. The van der Waals surface area contributed by atoms with Gasteiger partial charge in [-0.1, -0.05) is 6.07 Å². The maximum Gasteiger partial charge on any atom is 0.573 e. The smallest absolute Gasteiger partial charge is 0.480 e. The minimum absolute atomic E-state index is 0.154. The van der Waals surface area contributed by atoms with Crippen LogP contribution in [-0.4, -0.2) is 61.2 Å². The highest BCUT2D eigenvalue weighted by Gasteiger charge is 2.35. The molecule has 1 heterocycles. The quantitative estimate of drug-likeness (QED) is 0.400. The Balaban J connectivity index is 1.85. The van der Waals surface area contributed by atoms with E-state index in [2.05, 4.69) is 14.8 Å². The fraction of sp³-hybridized carbons (Fsp3) is 0.273. The van der Waals surface area contributed by atoms with E-state index in [-0.39, 0.29) is 17.7 Å². The second kappa shape index (κ2) is 10.7. The standard InChI is InChI=1S/C22H19F5N4O5/c23-15-3-6-17(18(24)9-15)21(35,11-31-13-28-12-29-31)7-8-30(10-19(32)33)20(34)14-1-4-16(5-2-14)36-22(25,26)27/h1-6,9,12-13,35H,7-8,10-11H2,(H,32,33). The molecule has 3 aromatic rings. The molecule has 1 aromatic heterocycles. The molecule has 0 radical (unpaired) electrons. The van der Waals surface area contributed by atoms with Crippen LogP contribution >= 0.6 is 0 Å². The fourth-order valence-corrected chi connectivity index (χ4v) is 3.47. The molecule has 0 aliphatic heterocycles. The van der Waals surface area contributed by atoms with E-state index in [1.165, 1.54) is 11.0 Å². The van der Waals surface area contributed by atoms with E-state index in [9.17, 15) is 41.8 Å². The van der Waals surface area contributed by atoms with E-state index < -0.39 is 60.7 Å². The van der Waals surface area contributed by atoms with Gasteiger partial charge in [0.25, 0.3) is 5.91 Å². The summed E-state index contributed by atoms with van der Waals surface area (Å²) in [7, 11) is 0. The number of aliphatic hydroxyl groups is 1. The monoisotopic (exact) mass is 514 g/mol. The Morgan fingerprint density at radius 3 is 2.33 bits per heavy atom. The predicted molar refractivity (Wildman–Crippen MR) is 112 cm³/mol. The van der Waals surface area contributed by atoms with E-state index in [0.29, 0.717) is 6.07 Å². The van der Waals surface area contributed by atoms with Gasteiger partial charge < -0.3 is 19.8 Å². The van der Waals surface area contributed by atoms with Crippen molar-refractivity contribution in [2.24, 2.45) is 0 Å². The number of aromatic nitrogens is 3. The number of nitrogens with zero attached hydrogens (tertiary/aromatic N) is 4. The molecule has 192 valence electrons. The van der Waals surface area contributed by atoms with Gasteiger partial charge in [-0.3, -0.25) is 9.59 Å². The normalized spacial score (nSPS) is 13.2. The van der Waals surface area contributed by atoms with Crippen LogP contribution in [0.25, 0.3) is 0 Å². The van der Waals surface area contributed by atoms with Crippen molar-refractivity contribution < 1.29 is 46.5 Å². The van der Waals surface area contributed by atoms with Crippen LogP contribution in [-0.2, 0) is 16.9 Å². The molecule has 36 heavy (non-hydrogen) atoms. The predicted octanol–water partition coefficient (Wildman–Crippen LogP) is 2.96. The van der Waals surface area contributed by atoms with Crippen molar-refractivity contribution in [3.05, 3.63) is 77.9 Å². The third-order valence-electron chi connectivity index (χ3n) is 5.07. The number of aliphatic carboxylic acids is 1. The Morgan fingerprint density at radius 2 is 1.78 bits per heavy atom. The molecule has 2 N–H and O–H groups in total. The lowest BCUT2D eigenvalue weighted by atomic mass is 9.89. The molecule has 9 nitrogen and oxygen atoms in total. The van der Waals surface area contributed by atoms with Gasteiger partial charge >= 0.3 is 12.3 Å². The van der Waals surface area contributed by atoms with E-state index in [1.807, 2.05) is 0 Å². The number of ether oxygens (including phenoxy) is 1. The van der Waals surface area contributed by atoms with Gasteiger partial charge in [-0.2, -0.15) is 5.10 Å². The van der Waals surface area contributed by atoms with Crippen LogP contribution in [0.3, 0.4) is 0 Å². The first-order chi connectivity index (χ1) is 16.9. The van der Waals surface area contributed by atoms with E-state index in [4.69, 9.17) is 0 Å². The number of carboxylic acids is 1. The summed E-state index contributed by atoms with van der Waals surface area (Å²) in [5.41, 5.74) is -2.55. The Morgan fingerprint density at radius 1 is 1.08 bits per heavy atom. The number of benzene rings is 2. The van der Waals surface area contributed by atoms with Crippen LogP contribution in [0.2, 0.25) is 0 Å². The molecule has 0 saturated heterocycles. The molecule has 0 saturated carbocycles. The lowest BCUT2D eigenvalue weighted by Crippen LogP contribution is -2.41. The van der Waals surface area contributed by atoms with Gasteiger partial charge in [-0.15, -0.1) is 13.2 Å². The highest BCUT2D eigenvalue weighted by molar-refractivity contribution is 5.96. The van der Waals surface area contributed by atoms with Gasteiger partial charge in [0.15, 0.2) is 0 Å². The second-order valence-electron chi connectivity index (χ2n) is 7.69. The van der Waals surface area contributed by atoms with Crippen LogP contribution < -0.4 is 4.74 Å². The highest BCUT2D eigenvalue weighted by atomic mass is 19.4. The zero-order valence-corrected chi connectivity index (χ0v) is 18.3. The number of halogens is 5. The van der Waals surface area contributed by atoms with Gasteiger partial charge in [-0.05, 0) is 36.8 Å². The molecule has 3 rings (SSSR count). The molecule has 1 amide bonds. The zero-order valence-electron chi connectivity index (χ0n) is 18.3. The Kier molecular flexibility index (Phi) is 7.87. The lowest BCUT2D eigenvalue weighted by molar-refractivity contribution is -0.274. The summed E-state index contributed by atoms with van der Waals surface area (Å²) in [5, 5.41) is 24.4. The van der Waals surface area contributed by atoms with E-state index in [1.54, 1.807) is 0 Å². The molecule has 1 unspecified atom stereocenters. The van der Waals surface area contributed by atoms with Crippen LogP contribution in [0.1, 0.15) is 22.3 Å². The van der Waals surface area contributed by atoms with Crippen molar-refractivity contribution in [1.29, 1.82) is 0 Å². The zero-order chi connectivity index (χ0) is 26.5. The first-order valence-corrected chi connectivity index (χ1v) is 10.2. The van der Waals surface area contributed by atoms with Crippen molar-refractivity contribution in [2.75, 3.05) is 13.1 Å². The van der Waals surface area contributed by atoms with Crippen LogP contribution in [0.15, 0.2) is 55.1 Å². The van der Waals surface area contributed by atoms with Crippen molar-refractivity contribution in [3.8, 4) is 5.75 Å². The summed E-state index contributed by atoms with van der Waals surface area (Å²) in [4.78, 5) is 28.8. The molecule has 14 heteroatoms. The maximum atomic E-state index is 14.6. The molecule has 0 aliphatic rings. The molecule has 0 fully saturated rings. The summed E-state index contributed by atoms with van der Waals surface area (Å²) in [6, 6.07) is 6.30. The third kappa shape index (κ3) is 6.97. The van der Waals surface area contributed by atoms with Crippen molar-refractivity contribution in [1.82, 2.24) is 19.7 Å². The van der Waals surface area contributed by atoms with Gasteiger partial charge in [0.05, 0.1) is 6.54 Å². The molecular formula is C22H19F5N4O5. The summed E-state index contributed by atoms with van der Waals surface area (Å²) >= 11 is 0. The number of carboxylic acid groups (broad SMARTS) is 1. The lowest BCUT2D eigenvalue weighted by Gasteiger charge is -2.31. The number of carbonyl (C=O) groups is 2. The Hall–Kier alpha value is -4.07. The van der Waals surface area contributed by atoms with E-state index in [0.717, 1.165) is 47.6 Å². The Bertz CT molecular complexity index is 1200. The number of hydrogen-bond acceptors (Lipinski definition) is 6. The SMILES string of the molecule is O=C(O)CN(CCC(O)(Cn1cncn1)c1ccc(F)cc1F)C(=O)c1ccc(OC(F)(F)F)cc1. The molecule has 0 aliphatic carbocycles. The number of hydrogen-bond donors (Lipinski definition) is 2. The molecule has 2 aromatic carbocycles. The number of alkyl halides is 3. The van der Waals surface area contributed by atoms with Crippen LogP contribution in [0, 0.1) is 11.6 Å². The number of amides is 1. The minimum Gasteiger partial charge on any atom is -0.480 e. The minimum atomic E-state index is -4.94. The fourth-order valence-electron chi connectivity index (χ4n) is 3.47. The average molecular weight is 514 g/mol. The van der Waals surface area contributed by atoms with Gasteiger partial charge in [-0.25, -0.2) is 18.4 Å². The molecule has 0 spiro atoms. The average Bonchev–Trinajstić information content (AvgIpc) is 3.28. The van der Waals surface area contributed by atoms with Gasteiger partial charge in [0, 0.05) is 23.7 Å². The Labute approximate surface area is 200 Å². The largest absolute Gasteiger partial charge is 0.573 e. The van der Waals surface area contributed by atoms with Gasteiger partial charge in [0.1, 0.15) is 42.2 Å². The van der Waals surface area contributed by atoms with Gasteiger partial charge in [0.2, 0.25) is 0 Å². The van der Waals surface area contributed by atoms with Crippen molar-refractivity contribution in [3.63, 3.8) is 0 Å². The van der Waals surface area contributed by atoms with E-state index >= 15 is 0 Å². The van der Waals surface area contributed by atoms with Crippen molar-refractivity contribution >= 4 is 11.9 Å².